The zero-order valence-corrected chi connectivity index (χ0v) is 13.7. The minimum atomic E-state index is -0.0320. The molecule has 122 valence electrons. The molecule has 1 heterocycles. The second-order valence-electron chi connectivity index (χ2n) is 5.99. The highest BCUT2D eigenvalue weighted by atomic mass is 16.5. The molecule has 1 N–H and O–H groups in total. The summed E-state index contributed by atoms with van der Waals surface area (Å²) in [4.78, 5) is 8.86. The molecule has 4 rings (SSSR count). The van der Waals surface area contributed by atoms with E-state index in [1.54, 1.807) is 20.5 Å². The summed E-state index contributed by atoms with van der Waals surface area (Å²) < 4.78 is 10.9. The Kier molecular flexibility index (Phi) is 3.49. The first-order chi connectivity index (χ1) is 11.8. The molecule has 2 aromatic carbocycles. The van der Waals surface area contributed by atoms with E-state index >= 15 is 0 Å². The molecule has 1 aliphatic carbocycles. The molecule has 0 aliphatic heterocycles. The van der Waals surface area contributed by atoms with Gasteiger partial charge >= 0.3 is 0 Å². The summed E-state index contributed by atoms with van der Waals surface area (Å²) in [5, 5.41) is 4.56. The van der Waals surface area contributed by atoms with Gasteiger partial charge in [0, 0.05) is 5.39 Å². The van der Waals surface area contributed by atoms with Crippen LogP contribution in [0.1, 0.15) is 18.4 Å². The first-order valence-electron chi connectivity index (χ1n) is 7.97. The number of nitrogens with one attached hydrogen (secondary N) is 1. The van der Waals surface area contributed by atoms with Crippen LogP contribution in [0.15, 0.2) is 48.8 Å². The molecule has 24 heavy (non-hydrogen) atoms. The molecule has 3 aromatic rings. The third-order valence-corrected chi connectivity index (χ3v) is 4.58. The first-order valence-corrected chi connectivity index (χ1v) is 7.97. The molecular weight excluding hydrogens is 302 g/mol. The molecule has 5 heteroatoms. The third-order valence-electron chi connectivity index (χ3n) is 4.58. The predicted octanol–water partition coefficient (Wildman–Crippen LogP) is 3.75. The summed E-state index contributed by atoms with van der Waals surface area (Å²) in [6.07, 6.45) is 3.75. The lowest BCUT2D eigenvalue weighted by atomic mass is 10.0. The summed E-state index contributed by atoms with van der Waals surface area (Å²) in [5.74, 6) is 2.12. The number of anilines is 1. The number of hydrogen-bond acceptors (Lipinski definition) is 5. The SMILES string of the molecule is COc1ccc2c(NC3(c4ccccc4)CC3)ncnc2c1OC. The zero-order valence-electron chi connectivity index (χ0n) is 13.7. The van der Waals surface area contributed by atoms with Crippen LogP contribution < -0.4 is 14.8 Å². The number of methoxy groups -OCH3 is 2. The van der Waals surface area contributed by atoms with E-state index in [1.165, 1.54) is 5.56 Å². The Morgan fingerprint density at radius 2 is 1.75 bits per heavy atom. The Morgan fingerprint density at radius 3 is 2.42 bits per heavy atom. The molecule has 0 saturated heterocycles. The maximum Gasteiger partial charge on any atom is 0.187 e. The van der Waals surface area contributed by atoms with E-state index in [4.69, 9.17) is 9.47 Å². The van der Waals surface area contributed by atoms with E-state index in [0.717, 1.165) is 29.6 Å². The van der Waals surface area contributed by atoms with E-state index in [9.17, 15) is 0 Å². The first kappa shape index (κ1) is 14.8. The Morgan fingerprint density at radius 1 is 0.958 bits per heavy atom. The van der Waals surface area contributed by atoms with Gasteiger partial charge in [-0.2, -0.15) is 0 Å². The van der Waals surface area contributed by atoms with Gasteiger partial charge in [0.15, 0.2) is 11.5 Å². The summed E-state index contributed by atoms with van der Waals surface area (Å²) in [6.45, 7) is 0. The van der Waals surface area contributed by atoms with Crippen LogP contribution in [0.4, 0.5) is 5.82 Å². The highest BCUT2D eigenvalue weighted by molar-refractivity contribution is 5.95. The Labute approximate surface area is 140 Å². The lowest BCUT2D eigenvalue weighted by Gasteiger charge is -2.20. The Bertz CT molecular complexity index is 876. The zero-order chi connectivity index (χ0) is 16.6. The van der Waals surface area contributed by atoms with Gasteiger partial charge in [-0.15, -0.1) is 0 Å². The second-order valence-corrected chi connectivity index (χ2v) is 5.99. The van der Waals surface area contributed by atoms with Gasteiger partial charge in [0.05, 0.1) is 19.8 Å². The average molecular weight is 321 g/mol. The molecule has 1 saturated carbocycles. The Hall–Kier alpha value is -2.82. The number of aromatic nitrogens is 2. The summed E-state index contributed by atoms with van der Waals surface area (Å²) in [7, 11) is 3.25. The number of nitrogens with zero attached hydrogens (tertiary/aromatic N) is 2. The lowest BCUT2D eigenvalue weighted by molar-refractivity contribution is 0.358. The van der Waals surface area contributed by atoms with Gasteiger partial charge in [0.2, 0.25) is 0 Å². The number of fused-ring (bicyclic) bond motifs is 1. The van der Waals surface area contributed by atoms with Gasteiger partial charge in [-0.1, -0.05) is 30.3 Å². The van der Waals surface area contributed by atoms with E-state index < -0.39 is 0 Å². The molecule has 1 aliphatic rings. The van der Waals surface area contributed by atoms with Gasteiger partial charge in [-0.25, -0.2) is 9.97 Å². The highest BCUT2D eigenvalue weighted by Gasteiger charge is 2.44. The number of ether oxygens (including phenoxy) is 2. The molecule has 1 fully saturated rings. The predicted molar refractivity (Wildman–Crippen MR) is 93.6 cm³/mol. The molecular formula is C19H19N3O2. The number of rotatable bonds is 5. The molecule has 5 nitrogen and oxygen atoms in total. The minimum absolute atomic E-state index is 0.0320. The third kappa shape index (κ3) is 2.33. The fourth-order valence-corrected chi connectivity index (χ4v) is 3.14. The number of benzene rings is 2. The maximum absolute atomic E-state index is 5.49. The molecule has 1 aromatic heterocycles. The largest absolute Gasteiger partial charge is 0.493 e. The summed E-state index contributed by atoms with van der Waals surface area (Å²) in [6, 6.07) is 14.4. The van der Waals surface area contributed by atoms with Gasteiger partial charge < -0.3 is 14.8 Å². The van der Waals surface area contributed by atoms with Crippen molar-refractivity contribution in [1.82, 2.24) is 9.97 Å². The molecule has 0 amide bonds. The molecule has 0 unspecified atom stereocenters. The minimum Gasteiger partial charge on any atom is -0.493 e. The van der Waals surface area contributed by atoms with Crippen LogP contribution in [-0.2, 0) is 5.54 Å². The number of hydrogen-bond donors (Lipinski definition) is 1. The van der Waals surface area contributed by atoms with Crippen molar-refractivity contribution < 1.29 is 9.47 Å². The quantitative estimate of drug-likeness (QED) is 0.775. The van der Waals surface area contributed by atoms with E-state index in [2.05, 4.69) is 39.6 Å². The fourth-order valence-electron chi connectivity index (χ4n) is 3.14. The lowest BCUT2D eigenvalue weighted by Crippen LogP contribution is -2.19. The highest BCUT2D eigenvalue weighted by Crippen LogP contribution is 2.49. The molecule has 0 bridgehead atoms. The van der Waals surface area contributed by atoms with E-state index in [0.29, 0.717) is 11.5 Å². The van der Waals surface area contributed by atoms with Gasteiger partial charge in [0.1, 0.15) is 17.7 Å². The van der Waals surface area contributed by atoms with Crippen molar-refractivity contribution in [3.8, 4) is 11.5 Å². The molecule has 0 atom stereocenters. The molecule has 0 radical (unpaired) electrons. The normalized spacial score (nSPS) is 15.1. The van der Waals surface area contributed by atoms with Crippen molar-refractivity contribution in [1.29, 1.82) is 0 Å². The maximum atomic E-state index is 5.49. The van der Waals surface area contributed by atoms with Crippen LogP contribution in [-0.4, -0.2) is 24.2 Å². The topological polar surface area (TPSA) is 56.3 Å². The van der Waals surface area contributed by atoms with Gasteiger partial charge in [-0.05, 0) is 30.5 Å². The second kappa shape index (κ2) is 5.67. The smallest absolute Gasteiger partial charge is 0.187 e. The molecule has 0 spiro atoms. The van der Waals surface area contributed by atoms with Crippen molar-refractivity contribution in [2.45, 2.75) is 18.4 Å². The standard InChI is InChI=1S/C19H19N3O2/c1-23-15-9-8-14-16(17(15)24-2)20-12-21-18(14)22-19(10-11-19)13-6-4-3-5-7-13/h3-9,12H,10-11H2,1-2H3,(H,20,21,22). The van der Waals surface area contributed by atoms with Crippen LogP contribution >= 0.6 is 0 Å². The van der Waals surface area contributed by atoms with Crippen molar-refractivity contribution in [2.24, 2.45) is 0 Å². The van der Waals surface area contributed by atoms with E-state index in [-0.39, 0.29) is 5.54 Å². The summed E-state index contributed by atoms with van der Waals surface area (Å²) >= 11 is 0. The van der Waals surface area contributed by atoms with Crippen molar-refractivity contribution >= 4 is 16.7 Å². The van der Waals surface area contributed by atoms with Crippen molar-refractivity contribution in [2.75, 3.05) is 19.5 Å². The summed E-state index contributed by atoms with van der Waals surface area (Å²) in [5.41, 5.74) is 2.01. The van der Waals surface area contributed by atoms with Crippen molar-refractivity contribution in [3.63, 3.8) is 0 Å². The van der Waals surface area contributed by atoms with Gasteiger partial charge in [-0.3, -0.25) is 0 Å². The van der Waals surface area contributed by atoms with Crippen LogP contribution in [0.25, 0.3) is 10.9 Å². The van der Waals surface area contributed by atoms with E-state index in [1.807, 2.05) is 18.2 Å². The van der Waals surface area contributed by atoms with Gasteiger partial charge in [0.25, 0.3) is 0 Å². The van der Waals surface area contributed by atoms with Crippen LogP contribution in [0.3, 0.4) is 0 Å². The van der Waals surface area contributed by atoms with Crippen LogP contribution in [0.2, 0.25) is 0 Å². The average Bonchev–Trinajstić information content (AvgIpc) is 3.42. The van der Waals surface area contributed by atoms with Crippen molar-refractivity contribution in [3.05, 3.63) is 54.4 Å². The van der Waals surface area contributed by atoms with Crippen LogP contribution in [0.5, 0.6) is 11.5 Å². The Balaban J connectivity index is 1.78. The van der Waals surface area contributed by atoms with Crippen LogP contribution in [0, 0.1) is 0 Å². The monoisotopic (exact) mass is 321 g/mol. The fraction of sp³-hybridized carbons (Fsp3) is 0.263.